The van der Waals surface area contributed by atoms with Crippen molar-refractivity contribution >= 4 is 17.6 Å². The smallest absolute Gasteiger partial charge is 0.279 e. The molecule has 7 heteroatoms. The number of nitrogens with one attached hydrogen (secondary N) is 2. The predicted molar refractivity (Wildman–Crippen MR) is 86.7 cm³/mol. The van der Waals surface area contributed by atoms with Crippen LogP contribution in [0.4, 0.5) is 5.82 Å². The van der Waals surface area contributed by atoms with Crippen molar-refractivity contribution in [1.29, 1.82) is 0 Å². The number of fused-ring (bicyclic) bond motifs is 1. The van der Waals surface area contributed by atoms with Gasteiger partial charge in [-0.1, -0.05) is 18.2 Å². The Labute approximate surface area is 139 Å². The number of rotatable bonds is 4. The second kappa shape index (κ2) is 6.19. The Bertz CT molecular complexity index is 793. The number of ether oxygens (including phenoxy) is 2. The molecule has 1 aromatic carbocycles. The first-order valence-corrected chi connectivity index (χ1v) is 7.40. The van der Waals surface area contributed by atoms with Gasteiger partial charge >= 0.3 is 0 Å². The zero-order valence-electron chi connectivity index (χ0n) is 13.3. The summed E-state index contributed by atoms with van der Waals surface area (Å²) in [6, 6.07) is 10.6. The quantitative estimate of drug-likeness (QED) is 0.831. The van der Waals surface area contributed by atoms with Gasteiger partial charge in [0.05, 0.1) is 7.11 Å². The average molecular weight is 327 g/mol. The van der Waals surface area contributed by atoms with Crippen LogP contribution < -0.4 is 20.1 Å². The van der Waals surface area contributed by atoms with Crippen molar-refractivity contribution in [2.45, 2.75) is 19.1 Å². The number of carbonyl (C=O) groups excluding carboxylic acids is 2. The van der Waals surface area contributed by atoms with Gasteiger partial charge in [0.15, 0.2) is 11.6 Å². The molecule has 0 unspecified atom stereocenters. The maximum Gasteiger partial charge on any atom is 0.279 e. The van der Waals surface area contributed by atoms with Crippen LogP contribution in [0.25, 0.3) is 0 Å². The normalized spacial score (nSPS) is 18.8. The number of para-hydroxylation sites is 1. The third-order valence-electron chi connectivity index (χ3n) is 3.82. The third kappa shape index (κ3) is 2.76. The van der Waals surface area contributed by atoms with E-state index < -0.39 is 17.4 Å². The lowest BCUT2D eigenvalue weighted by molar-refractivity contribution is -0.146. The van der Waals surface area contributed by atoms with Crippen LogP contribution >= 0.6 is 0 Å². The Kier molecular flexibility index (Phi) is 4.07. The van der Waals surface area contributed by atoms with Gasteiger partial charge in [-0.05, 0) is 25.1 Å². The predicted octanol–water partition coefficient (Wildman–Crippen LogP) is 1.50. The van der Waals surface area contributed by atoms with Crippen LogP contribution in [0.3, 0.4) is 0 Å². The van der Waals surface area contributed by atoms with Gasteiger partial charge < -0.3 is 20.1 Å². The fraction of sp³-hybridized carbons (Fsp3) is 0.235. The molecule has 2 N–H and O–H groups in total. The maximum atomic E-state index is 12.6. The number of amides is 2. The molecule has 2 heterocycles. The van der Waals surface area contributed by atoms with Crippen LogP contribution in [0.1, 0.15) is 12.5 Å². The summed E-state index contributed by atoms with van der Waals surface area (Å²) in [7, 11) is 1.56. The molecule has 0 radical (unpaired) electrons. The van der Waals surface area contributed by atoms with Crippen molar-refractivity contribution in [2.24, 2.45) is 0 Å². The fourth-order valence-electron chi connectivity index (χ4n) is 2.40. The van der Waals surface area contributed by atoms with Crippen LogP contribution in [0.15, 0.2) is 42.6 Å². The first-order chi connectivity index (χ1) is 11.5. The highest BCUT2D eigenvalue weighted by Crippen LogP contribution is 2.31. The zero-order valence-corrected chi connectivity index (χ0v) is 13.3. The molecule has 0 bridgehead atoms. The van der Waals surface area contributed by atoms with Crippen LogP contribution in [0.5, 0.6) is 11.5 Å². The fourth-order valence-corrected chi connectivity index (χ4v) is 2.40. The largest absolute Gasteiger partial charge is 0.496 e. The molecule has 1 aliphatic heterocycles. The van der Waals surface area contributed by atoms with Gasteiger partial charge in [-0.15, -0.1) is 0 Å². The van der Waals surface area contributed by atoms with E-state index >= 15 is 0 Å². The molecule has 0 saturated carbocycles. The molecule has 2 aromatic rings. The molecule has 1 aliphatic rings. The Morgan fingerprint density at radius 3 is 2.92 bits per heavy atom. The van der Waals surface area contributed by atoms with E-state index in [1.54, 1.807) is 25.3 Å². The van der Waals surface area contributed by atoms with E-state index in [1.807, 2.05) is 18.2 Å². The Morgan fingerprint density at radius 1 is 1.33 bits per heavy atom. The van der Waals surface area contributed by atoms with E-state index in [1.165, 1.54) is 13.1 Å². The second-order valence-corrected chi connectivity index (χ2v) is 5.43. The molecule has 3 rings (SSSR count). The number of benzene rings is 1. The minimum Gasteiger partial charge on any atom is -0.496 e. The summed E-state index contributed by atoms with van der Waals surface area (Å²) in [6.45, 7) is 1.64. The van der Waals surface area contributed by atoms with Crippen molar-refractivity contribution in [1.82, 2.24) is 10.3 Å². The third-order valence-corrected chi connectivity index (χ3v) is 3.82. The summed E-state index contributed by atoms with van der Waals surface area (Å²) in [5, 5.41) is 5.31. The number of hydrogen-bond donors (Lipinski definition) is 2. The van der Waals surface area contributed by atoms with Crippen molar-refractivity contribution in [2.75, 3.05) is 12.4 Å². The van der Waals surface area contributed by atoms with Crippen molar-refractivity contribution in [3.05, 3.63) is 48.2 Å². The molecule has 0 aliphatic carbocycles. The van der Waals surface area contributed by atoms with Gasteiger partial charge in [0.2, 0.25) is 0 Å². The van der Waals surface area contributed by atoms with E-state index in [-0.39, 0.29) is 6.54 Å². The molecule has 2 amide bonds. The first-order valence-electron chi connectivity index (χ1n) is 7.40. The van der Waals surface area contributed by atoms with Gasteiger partial charge in [0.25, 0.3) is 17.4 Å². The molecule has 0 saturated heterocycles. The first kappa shape index (κ1) is 15.8. The van der Waals surface area contributed by atoms with Gasteiger partial charge in [-0.3, -0.25) is 9.59 Å². The molecule has 1 atom stereocenters. The minimum atomic E-state index is -1.67. The molecule has 124 valence electrons. The van der Waals surface area contributed by atoms with Gasteiger partial charge in [0.1, 0.15) is 5.75 Å². The monoisotopic (exact) mass is 327 g/mol. The second-order valence-electron chi connectivity index (χ2n) is 5.43. The number of nitrogens with zero attached hydrogens (tertiary/aromatic N) is 1. The molecular weight excluding hydrogens is 310 g/mol. The lowest BCUT2D eigenvalue weighted by Crippen LogP contribution is -2.58. The maximum absolute atomic E-state index is 12.6. The Morgan fingerprint density at radius 2 is 2.12 bits per heavy atom. The molecule has 0 spiro atoms. The van der Waals surface area contributed by atoms with Crippen molar-refractivity contribution < 1.29 is 19.1 Å². The lowest BCUT2D eigenvalue weighted by atomic mass is 10.0. The van der Waals surface area contributed by atoms with E-state index in [9.17, 15) is 9.59 Å². The number of carbonyl (C=O) groups is 2. The minimum absolute atomic E-state index is 0.217. The topological polar surface area (TPSA) is 89.6 Å². The zero-order chi connectivity index (χ0) is 17.2. The number of pyridine rings is 1. The van der Waals surface area contributed by atoms with Crippen LogP contribution in [-0.4, -0.2) is 29.5 Å². The van der Waals surface area contributed by atoms with E-state index in [4.69, 9.17) is 9.47 Å². The summed E-state index contributed by atoms with van der Waals surface area (Å²) >= 11 is 0. The van der Waals surface area contributed by atoms with Crippen LogP contribution in [-0.2, 0) is 16.1 Å². The summed E-state index contributed by atoms with van der Waals surface area (Å²) in [4.78, 5) is 28.9. The SMILES string of the molecule is COc1ccccc1CNC(=O)[C@@]1(C)Oc2cccnc2NC1=O. The van der Waals surface area contributed by atoms with E-state index in [0.717, 1.165) is 5.56 Å². The Hall–Kier alpha value is -3.09. The highest BCUT2D eigenvalue weighted by Gasteiger charge is 2.47. The van der Waals surface area contributed by atoms with Crippen LogP contribution in [0, 0.1) is 0 Å². The van der Waals surface area contributed by atoms with Gasteiger partial charge in [-0.25, -0.2) is 4.98 Å². The van der Waals surface area contributed by atoms with Crippen molar-refractivity contribution in [3.63, 3.8) is 0 Å². The molecular formula is C17H17N3O4. The molecule has 0 fully saturated rings. The van der Waals surface area contributed by atoms with Crippen LogP contribution in [0.2, 0.25) is 0 Å². The van der Waals surface area contributed by atoms with E-state index in [0.29, 0.717) is 17.3 Å². The van der Waals surface area contributed by atoms with Gasteiger partial charge in [0, 0.05) is 18.3 Å². The number of anilines is 1. The summed E-state index contributed by atoms with van der Waals surface area (Å²) < 4.78 is 10.9. The Balaban J connectivity index is 1.76. The van der Waals surface area contributed by atoms with Gasteiger partial charge in [-0.2, -0.15) is 0 Å². The summed E-state index contributed by atoms with van der Waals surface area (Å²) in [5.41, 5.74) is -0.867. The summed E-state index contributed by atoms with van der Waals surface area (Å²) in [6.07, 6.45) is 1.53. The molecule has 1 aromatic heterocycles. The number of hydrogen-bond acceptors (Lipinski definition) is 5. The lowest BCUT2D eigenvalue weighted by Gasteiger charge is -2.32. The standard InChI is InChI=1S/C17H17N3O4/c1-17(16(22)20-14-13(24-17)8-5-9-18-14)15(21)19-10-11-6-3-4-7-12(11)23-2/h3-9H,10H2,1-2H3,(H,19,21)(H,18,20,22)/t17-/m1/s1. The molecule has 7 nitrogen and oxygen atoms in total. The van der Waals surface area contributed by atoms with E-state index in [2.05, 4.69) is 15.6 Å². The highest BCUT2D eigenvalue weighted by molar-refractivity contribution is 6.15. The number of methoxy groups -OCH3 is 1. The number of aromatic nitrogens is 1. The summed E-state index contributed by atoms with van der Waals surface area (Å²) in [5.74, 6) is 0.211. The molecule has 24 heavy (non-hydrogen) atoms. The van der Waals surface area contributed by atoms with Crippen molar-refractivity contribution in [3.8, 4) is 11.5 Å². The highest BCUT2D eigenvalue weighted by atomic mass is 16.5. The average Bonchev–Trinajstić information content (AvgIpc) is 2.60.